The highest BCUT2D eigenvalue weighted by atomic mass is 16.6. The molecule has 0 unspecified atom stereocenters. The molecule has 208 valence electrons. The minimum atomic E-state index is -0.979. The van der Waals surface area contributed by atoms with Gasteiger partial charge in [0.1, 0.15) is 5.60 Å². The number of nitrogens with one attached hydrogen (secondary N) is 1. The maximum atomic E-state index is 12.6. The average Bonchev–Trinajstić information content (AvgIpc) is 3.22. The quantitative estimate of drug-likeness (QED) is 0.314. The number of aliphatic hydroxyl groups is 1. The van der Waals surface area contributed by atoms with E-state index < -0.39 is 23.5 Å². The predicted molar refractivity (Wildman–Crippen MR) is 148 cm³/mol. The Morgan fingerprint density at radius 1 is 1.13 bits per heavy atom. The molecule has 7 heteroatoms. The van der Waals surface area contributed by atoms with Crippen molar-refractivity contribution in [3.05, 3.63) is 47.5 Å². The molecule has 4 aliphatic carbocycles. The van der Waals surface area contributed by atoms with Crippen LogP contribution in [0.25, 0.3) is 0 Å². The topological polar surface area (TPSA) is 97.2 Å². The summed E-state index contributed by atoms with van der Waals surface area (Å²) in [7, 11) is 1.29. The number of esters is 1. The van der Waals surface area contributed by atoms with E-state index in [1.54, 1.807) is 24.3 Å². The van der Waals surface area contributed by atoms with Crippen molar-refractivity contribution in [1.82, 2.24) is 5.32 Å². The number of allylic oxidation sites excluding steroid dienone is 2. The Hall–Kier alpha value is -3.11. The number of terminal acetylenes is 1. The summed E-state index contributed by atoms with van der Waals surface area (Å²) >= 11 is 0. The van der Waals surface area contributed by atoms with Crippen molar-refractivity contribution in [2.24, 2.45) is 33.7 Å². The largest absolute Gasteiger partial charge is 0.467 e. The first-order valence-electron chi connectivity index (χ1n) is 14.2. The highest BCUT2D eigenvalue weighted by Crippen LogP contribution is 2.67. The number of carbonyl (C=O) groups is 2. The number of carbonyl (C=O) groups excluding carboxylic acids is 2. The molecule has 3 fully saturated rings. The van der Waals surface area contributed by atoms with E-state index in [4.69, 9.17) is 16.0 Å². The lowest BCUT2D eigenvalue weighted by molar-refractivity contribution is -0.145. The van der Waals surface area contributed by atoms with Gasteiger partial charge in [0, 0.05) is 5.41 Å². The zero-order valence-corrected chi connectivity index (χ0v) is 23.2. The van der Waals surface area contributed by atoms with E-state index in [2.05, 4.69) is 36.3 Å². The third-order valence-corrected chi connectivity index (χ3v) is 10.6. The standard InChI is InChI=1S/C32H40N2O5/c1-5-32(37)18-15-26-24-12-11-22-19-23(13-16-30(22,2)25(24)14-17-31(26,32)3)34-39-20-27(35)33-28(29(36)38-4)21-9-7-6-8-10-21/h1,6-10,19,24-26,28,37H,11-18,20H2,2-4H3,(H,33,35)/t24-,25+,26+,28-,30+,31+,32-/m1/s1. The molecule has 0 bridgehead atoms. The number of benzene rings is 1. The summed E-state index contributed by atoms with van der Waals surface area (Å²) in [5.74, 6) is 3.41. The van der Waals surface area contributed by atoms with Crippen LogP contribution in [0.4, 0.5) is 0 Å². The number of rotatable bonds is 6. The van der Waals surface area contributed by atoms with Gasteiger partial charge in [0.2, 0.25) is 0 Å². The molecule has 5 rings (SSSR count). The van der Waals surface area contributed by atoms with Crippen molar-refractivity contribution in [1.29, 1.82) is 0 Å². The van der Waals surface area contributed by atoms with Gasteiger partial charge >= 0.3 is 5.97 Å². The van der Waals surface area contributed by atoms with Gasteiger partial charge in [-0.05, 0) is 86.2 Å². The van der Waals surface area contributed by atoms with Gasteiger partial charge in [-0.2, -0.15) is 0 Å². The Bertz CT molecular complexity index is 1220. The van der Waals surface area contributed by atoms with Crippen LogP contribution in [-0.4, -0.2) is 42.0 Å². The van der Waals surface area contributed by atoms with Crippen molar-refractivity contribution in [3.8, 4) is 12.3 Å². The van der Waals surface area contributed by atoms with Crippen molar-refractivity contribution < 1.29 is 24.3 Å². The molecule has 0 heterocycles. The van der Waals surface area contributed by atoms with Gasteiger partial charge in [-0.3, -0.25) is 4.79 Å². The number of hydrogen-bond acceptors (Lipinski definition) is 6. The smallest absolute Gasteiger partial charge is 0.333 e. The number of oxime groups is 1. The van der Waals surface area contributed by atoms with Crippen LogP contribution >= 0.6 is 0 Å². The zero-order valence-electron chi connectivity index (χ0n) is 23.2. The molecular formula is C32H40N2O5. The molecule has 0 spiro atoms. The summed E-state index contributed by atoms with van der Waals surface area (Å²) in [6, 6.07) is 8.06. The van der Waals surface area contributed by atoms with Crippen LogP contribution in [0.1, 0.15) is 76.8 Å². The number of nitrogens with zero attached hydrogens (tertiary/aromatic N) is 1. The molecule has 1 aromatic carbocycles. The first-order chi connectivity index (χ1) is 18.6. The number of hydrogen-bond donors (Lipinski definition) is 2. The summed E-state index contributed by atoms with van der Waals surface area (Å²) in [4.78, 5) is 30.2. The van der Waals surface area contributed by atoms with Crippen molar-refractivity contribution in [3.63, 3.8) is 0 Å². The van der Waals surface area contributed by atoms with Gasteiger partial charge in [0.05, 0.1) is 12.8 Å². The Morgan fingerprint density at radius 2 is 1.87 bits per heavy atom. The summed E-state index contributed by atoms with van der Waals surface area (Å²) in [5.41, 5.74) is 1.86. The van der Waals surface area contributed by atoms with E-state index in [0.29, 0.717) is 29.7 Å². The maximum Gasteiger partial charge on any atom is 0.333 e. The third-order valence-electron chi connectivity index (χ3n) is 10.6. The van der Waals surface area contributed by atoms with E-state index in [9.17, 15) is 14.7 Å². The van der Waals surface area contributed by atoms with Crippen molar-refractivity contribution in [2.75, 3.05) is 13.7 Å². The van der Waals surface area contributed by atoms with Gasteiger partial charge in [-0.25, -0.2) is 4.79 Å². The van der Waals surface area contributed by atoms with Crippen LogP contribution in [0.15, 0.2) is 47.1 Å². The van der Waals surface area contributed by atoms with Gasteiger partial charge in [-0.1, -0.05) is 60.8 Å². The molecule has 39 heavy (non-hydrogen) atoms. The Balaban J connectivity index is 1.22. The van der Waals surface area contributed by atoms with E-state index in [1.165, 1.54) is 12.7 Å². The molecule has 0 saturated heterocycles. The Morgan fingerprint density at radius 3 is 2.59 bits per heavy atom. The van der Waals surface area contributed by atoms with E-state index in [-0.39, 0.29) is 17.4 Å². The normalized spacial score (nSPS) is 36.8. The second kappa shape index (κ2) is 10.5. The summed E-state index contributed by atoms with van der Waals surface area (Å²) in [5, 5.41) is 18.2. The number of ether oxygens (including phenoxy) is 1. The van der Waals surface area contributed by atoms with Crippen LogP contribution < -0.4 is 5.32 Å². The minimum absolute atomic E-state index is 0.112. The SMILES string of the molecule is C#C[C@@]1(O)CC[C@H]2[C@@H]3CCC4=CC(=NOCC(=O)N[C@@H](C(=O)OC)c5ccccc5)CC[C@]4(C)[C@H]3CC[C@@]21C. The Labute approximate surface area is 231 Å². The first kappa shape index (κ1) is 27.5. The second-order valence-corrected chi connectivity index (χ2v) is 12.3. The molecule has 7 nitrogen and oxygen atoms in total. The lowest BCUT2D eigenvalue weighted by atomic mass is 9.46. The zero-order chi connectivity index (χ0) is 27.8. The summed E-state index contributed by atoms with van der Waals surface area (Å²) < 4.78 is 4.86. The minimum Gasteiger partial charge on any atom is -0.467 e. The highest BCUT2D eigenvalue weighted by Gasteiger charge is 2.63. The van der Waals surface area contributed by atoms with Crippen LogP contribution in [0.5, 0.6) is 0 Å². The first-order valence-corrected chi connectivity index (χ1v) is 14.2. The highest BCUT2D eigenvalue weighted by molar-refractivity contribution is 5.96. The molecular weight excluding hydrogens is 492 g/mol. The Kier molecular flexibility index (Phi) is 7.37. The summed E-state index contributed by atoms with van der Waals surface area (Å²) in [6.07, 6.45) is 15.7. The van der Waals surface area contributed by atoms with E-state index >= 15 is 0 Å². The van der Waals surface area contributed by atoms with Crippen molar-refractivity contribution in [2.45, 2.75) is 76.9 Å². The lowest BCUT2D eigenvalue weighted by Crippen LogP contribution is -2.54. The summed E-state index contributed by atoms with van der Waals surface area (Å²) in [6.45, 7) is 4.34. The molecule has 3 saturated carbocycles. The number of fused-ring (bicyclic) bond motifs is 5. The number of amides is 1. The third kappa shape index (κ3) is 4.67. The van der Waals surface area contributed by atoms with Crippen molar-refractivity contribution >= 4 is 17.6 Å². The molecule has 0 aliphatic heterocycles. The molecule has 7 atom stereocenters. The van der Waals surface area contributed by atoms with Crippen LogP contribution in [0.3, 0.4) is 0 Å². The monoisotopic (exact) mass is 532 g/mol. The molecule has 0 radical (unpaired) electrons. The van der Waals surface area contributed by atoms with Gasteiger partial charge in [0.15, 0.2) is 12.6 Å². The molecule has 0 aromatic heterocycles. The molecule has 1 aromatic rings. The number of methoxy groups -OCH3 is 1. The molecule has 2 N–H and O–H groups in total. The average molecular weight is 533 g/mol. The van der Waals surface area contributed by atoms with Crippen LogP contribution in [0.2, 0.25) is 0 Å². The van der Waals surface area contributed by atoms with Gasteiger partial charge in [-0.15, -0.1) is 6.42 Å². The fraction of sp³-hybridized carbons (Fsp3) is 0.594. The fourth-order valence-corrected chi connectivity index (χ4v) is 8.31. The second-order valence-electron chi connectivity index (χ2n) is 12.3. The maximum absolute atomic E-state index is 12.6. The fourth-order valence-electron chi connectivity index (χ4n) is 8.31. The van der Waals surface area contributed by atoms with E-state index in [1.807, 2.05) is 6.07 Å². The van der Waals surface area contributed by atoms with E-state index in [0.717, 1.165) is 50.7 Å². The predicted octanol–water partition coefficient (Wildman–Crippen LogP) is 4.72. The lowest BCUT2D eigenvalue weighted by Gasteiger charge is -2.58. The van der Waals surface area contributed by atoms with Crippen LogP contribution in [0, 0.1) is 40.9 Å². The van der Waals surface area contributed by atoms with Gasteiger partial charge in [0.25, 0.3) is 5.91 Å². The molecule has 4 aliphatic rings. The van der Waals surface area contributed by atoms with Gasteiger partial charge < -0.3 is 20.0 Å². The molecule has 1 amide bonds. The van der Waals surface area contributed by atoms with Crippen LogP contribution in [-0.2, 0) is 19.2 Å².